The second kappa shape index (κ2) is 116. The summed E-state index contributed by atoms with van der Waals surface area (Å²) in [6.07, 6.45) is 126. The standard InChI is InChI=1S/3C38H76O2S.C4H9.Sn/c3*1-4-7-10-13-16-19-22-25-28-31-34-38(37(39)40,35-32-29-26-23-20-17-14-11-8-5-2)41-36-33-30-27-24-21-18-15-12-9-6-3;1-3-4-2;/h3*4-36H2,1-3H3,(H,39,40);1,3-4H2,2H3;/q;;;;+3/p-3. The first kappa shape index (κ1) is 135. The van der Waals surface area contributed by atoms with Gasteiger partial charge in [-0.25, -0.2) is 0 Å². The summed E-state index contributed by atoms with van der Waals surface area (Å²) in [5, 5.41) is 37.8. The molecule has 0 saturated heterocycles. The number of carbonyl (C=O) groups excluding carboxylic acids is 3. The Hall–Kier alpha value is 0.259. The number of carbonyl (C=O) groups is 3. The molecule has 0 aliphatic heterocycles. The number of unbranched alkanes of at least 4 members (excludes halogenated alkanes) is 82. The van der Waals surface area contributed by atoms with Crippen LogP contribution in [0.5, 0.6) is 0 Å². The molecule has 0 N–H and O–H groups in total. The fourth-order valence-electron chi connectivity index (χ4n) is 18.7. The van der Waals surface area contributed by atoms with E-state index >= 15 is 0 Å². The first-order valence-electron chi connectivity index (χ1n) is 59.0. The van der Waals surface area contributed by atoms with Crippen LogP contribution >= 0.6 is 35.3 Å². The zero-order chi connectivity index (χ0) is 94.5. The third-order valence-electron chi connectivity index (χ3n) is 27.9. The van der Waals surface area contributed by atoms with Gasteiger partial charge < -0.3 is 29.7 Å². The van der Waals surface area contributed by atoms with Crippen LogP contribution in [0.15, 0.2) is 0 Å². The molecule has 0 rings (SSSR count). The van der Waals surface area contributed by atoms with Crippen molar-refractivity contribution in [1.82, 2.24) is 0 Å². The number of hydrogen-bond acceptors (Lipinski definition) is 9. The van der Waals surface area contributed by atoms with Crippen LogP contribution in [-0.4, -0.2) is 71.9 Å². The van der Waals surface area contributed by atoms with Crippen LogP contribution in [0.3, 0.4) is 0 Å². The molecule has 10 heteroatoms. The summed E-state index contributed by atoms with van der Waals surface area (Å²) in [4.78, 5) is 37.8. The van der Waals surface area contributed by atoms with Crippen molar-refractivity contribution in [2.45, 2.75) is 717 Å². The summed E-state index contributed by atoms with van der Waals surface area (Å²) in [7, 11) is 0. The predicted octanol–water partition coefficient (Wildman–Crippen LogP) is 39.6. The van der Waals surface area contributed by atoms with E-state index in [-0.39, 0.29) is 0 Å². The van der Waals surface area contributed by atoms with E-state index in [2.05, 4.69) is 69.2 Å². The Morgan fingerprint density at radius 2 is 0.250 bits per heavy atom. The number of carboxylic acids is 3. The fraction of sp³-hybridized carbons (Fsp3) is 0.975. The zero-order valence-electron chi connectivity index (χ0n) is 89.3. The predicted molar refractivity (Wildman–Crippen MR) is 580 cm³/mol. The van der Waals surface area contributed by atoms with Crippen LogP contribution in [0.25, 0.3) is 0 Å². The minimum atomic E-state index is -0.776. The number of rotatable bonds is 107. The summed E-state index contributed by atoms with van der Waals surface area (Å²) in [6.45, 7) is 22.7. The molecule has 0 aliphatic carbocycles. The van der Waals surface area contributed by atoms with Gasteiger partial charge in [0.15, 0.2) is 0 Å². The van der Waals surface area contributed by atoms with Crippen molar-refractivity contribution in [3.05, 3.63) is 0 Å². The van der Waals surface area contributed by atoms with Gasteiger partial charge in [0, 0.05) is 0 Å². The van der Waals surface area contributed by atoms with Gasteiger partial charge in [0.25, 0.3) is 0 Å². The maximum atomic E-state index is 12.6. The van der Waals surface area contributed by atoms with Crippen molar-refractivity contribution in [2.75, 3.05) is 17.3 Å². The van der Waals surface area contributed by atoms with Crippen molar-refractivity contribution in [3.63, 3.8) is 0 Å². The number of carboxylic acid groups (broad SMARTS) is 3. The third-order valence-corrected chi connectivity index (χ3v) is 33.8. The average molecular weight is 1960 g/mol. The second-order valence-corrected chi connectivity index (χ2v) is 46.5. The molecule has 0 aromatic rings. The van der Waals surface area contributed by atoms with Gasteiger partial charge in [0.1, 0.15) is 0 Å². The van der Waals surface area contributed by atoms with Crippen LogP contribution in [0.4, 0.5) is 0 Å². The van der Waals surface area contributed by atoms with E-state index < -0.39 is 32.1 Å². The van der Waals surface area contributed by atoms with Crippen LogP contribution < -0.4 is 15.3 Å². The molecule has 0 amide bonds. The van der Waals surface area contributed by atoms with Crippen molar-refractivity contribution in [2.24, 2.45) is 0 Å². The second-order valence-electron chi connectivity index (χ2n) is 40.6. The van der Waals surface area contributed by atoms with Crippen molar-refractivity contribution in [3.8, 4) is 0 Å². The molecular formula is C118H234O6S3Sn. The van der Waals surface area contributed by atoms with E-state index in [0.717, 1.165) is 114 Å². The first-order valence-corrected chi connectivity index (χ1v) is 64.0. The Bertz CT molecular complexity index is 1770. The monoisotopic (exact) mass is 1960 g/mol. The molecule has 764 valence electrons. The summed E-state index contributed by atoms with van der Waals surface area (Å²) in [5.41, 5.74) is 0. The third kappa shape index (κ3) is 101. The van der Waals surface area contributed by atoms with E-state index in [0.29, 0.717) is 0 Å². The molecule has 0 aliphatic rings. The summed E-state index contributed by atoms with van der Waals surface area (Å²) in [5.74, 6) is 0.629. The topological polar surface area (TPSA) is 120 Å². The number of thioether (sulfide) groups is 3. The fourth-order valence-corrected chi connectivity index (χ4v) is 24.0. The Labute approximate surface area is 833 Å². The van der Waals surface area contributed by atoms with E-state index in [1.807, 2.05) is 0 Å². The molecular weight excluding hydrogens is 1730 g/mol. The Morgan fingerprint density at radius 3 is 0.336 bits per heavy atom. The van der Waals surface area contributed by atoms with E-state index in [4.69, 9.17) is 0 Å². The Balaban J connectivity index is -0.000000875. The van der Waals surface area contributed by atoms with Crippen LogP contribution in [0.2, 0.25) is 4.44 Å². The van der Waals surface area contributed by atoms with Crippen LogP contribution in [0.1, 0.15) is 698 Å². The van der Waals surface area contributed by atoms with Crippen molar-refractivity contribution >= 4 is 75.7 Å². The minimum absolute atomic E-state index is 0.653. The van der Waals surface area contributed by atoms with Gasteiger partial charge in [0.2, 0.25) is 0 Å². The van der Waals surface area contributed by atoms with Crippen molar-refractivity contribution in [1.29, 1.82) is 0 Å². The molecule has 0 bridgehead atoms. The molecule has 0 radical (unpaired) electrons. The van der Waals surface area contributed by atoms with Crippen LogP contribution in [-0.2, 0) is 14.4 Å². The number of hydrogen-bond donors (Lipinski definition) is 0. The molecule has 0 aromatic carbocycles. The molecule has 0 spiro atoms. The Kier molecular flexibility index (Phi) is 122. The van der Waals surface area contributed by atoms with Crippen molar-refractivity contribution < 1.29 is 29.7 Å². The molecule has 0 atom stereocenters. The average Bonchev–Trinajstić information content (AvgIpc) is 0.859. The van der Waals surface area contributed by atoms with Crippen LogP contribution in [0, 0.1) is 0 Å². The van der Waals surface area contributed by atoms with E-state index in [1.165, 1.54) is 537 Å². The van der Waals surface area contributed by atoms with E-state index in [1.54, 1.807) is 57.8 Å². The van der Waals surface area contributed by atoms with E-state index in [9.17, 15) is 29.7 Å². The summed E-state index contributed by atoms with van der Waals surface area (Å²) >= 11 is 6.94. The summed E-state index contributed by atoms with van der Waals surface area (Å²) < 4.78 is -0.526. The van der Waals surface area contributed by atoms with Gasteiger partial charge in [-0.2, -0.15) is 0 Å². The number of aliphatic carboxylic acids is 3. The molecule has 0 heterocycles. The molecule has 6 nitrogen and oxygen atoms in total. The quantitative estimate of drug-likeness (QED) is 0.0433. The van der Waals surface area contributed by atoms with Gasteiger partial charge in [-0.05, 0) is 75.0 Å². The molecule has 0 fully saturated rings. The van der Waals surface area contributed by atoms with Gasteiger partial charge in [0.05, 0.1) is 32.1 Å². The van der Waals surface area contributed by atoms with Gasteiger partial charge in [-0.3, -0.25) is 0 Å². The van der Waals surface area contributed by atoms with Gasteiger partial charge in [-0.1, -0.05) is 621 Å². The molecule has 128 heavy (non-hydrogen) atoms. The summed E-state index contributed by atoms with van der Waals surface area (Å²) in [6, 6.07) is 0. The molecule has 0 unspecified atom stereocenters. The van der Waals surface area contributed by atoms with Gasteiger partial charge in [-0.15, -0.1) is 35.3 Å². The SMILES string of the molecule is CCCCCCCCCCCCSC(CCCCCCCCCCCC)(CCCCCCCCCCCC)C(=O)[O-].CCCCCCCCCCCCSC(CCCCCCCCCCCC)(CCCCCCCCCCCC)C(=O)[O-].CCCCCCCCCCCCSC(CCCCCCCCCCCC)(CCCCCCCCCCCC)C(=O)[O-].CCC[CH2][Sn+3]. The molecule has 0 saturated carbocycles. The first-order chi connectivity index (χ1) is 62.8. The Morgan fingerprint density at radius 1 is 0.156 bits per heavy atom. The normalized spacial score (nSPS) is 11.8. The van der Waals surface area contributed by atoms with Gasteiger partial charge >= 0.3 is 46.7 Å². The maximum absolute atomic E-state index is 12.6. The molecule has 0 aromatic heterocycles. The zero-order valence-corrected chi connectivity index (χ0v) is 94.6.